The van der Waals surface area contributed by atoms with Gasteiger partial charge in [0.25, 0.3) is 0 Å². The second-order valence-corrected chi connectivity index (χ2v) is 7.64. The number of carbonyl (C=O) groups excluding carboxylic acids is 1. The SMILES string of the molecule is CC(C)C(CC1CCCCC1)C(=O)NCC1(O)CCOCC1. The van der Waals surface area contributed by atoms with Crippen LogP contribution in [0.1, 0.15) is 65.2 Å². The standard InChI is InChI=1S/C18H33NO3/c1-14(2)16(12-15-6-4-3-5-7-15)17(20)19-13-18(21)8-10-22-11-9-18/h14-16,21H,3-13H2,1-2H3,(H,19,20). The van der Waals surface area contributed by atoms with Crippen molar-refractivity contribution < 1.29 is 14.6 Å². The van der Waals surface area contributed by atoms with Crippen LogP contribution in [0, 0.1) is 17.8 Å². The summed E-state index contributed by atoms with van der Waals surface area (Å²) in [6.07, 6.45) is 8.77. The Balaban J connectivity index is 1.83. The summed E-state index contributed by atoms with van der Waals surface area (Å²) in [7, 11) is 0. The topological polar surface area (TPSA) is 58.6 Å². The lowest BCUT2D eigenvalue weighted by molar-refractivity contribution is -0.129. The average molecular weight is 311 g/mol. The van der Waals surface area contributed by atoms with E-state index in [1.54, 1.807) is 0 Å². The van der Waals surface area contributed by atoms with E-state index < -0.39 is 5.60 Å². The molecule has 1 amide bonds. The molecule has 1 heterocycles. The van der Waals surface area contributed by atoms with Crippen molar-refractivity contribution in [2.24, 2.45) is 17.8 Å². The Hall–Kier alpha value is -0.610. The molecule has 0 aromatic heterocycles. The normalized spacial score (nSPS) is 24.2. The molecule has 22 heavy (non-hydrogen) atoms. The molecule has 1 saturated heterocycles. The van der Waals surface area contributed by atoms with Crippen molar-refractivity contribution in [3.8, 4) is 0 Å². The van der Waals surface area contributed by atoms with Crippen molar-refractivity contribution in [3.05, 3.63) is 0 Å². The van der Waals surface area contributed by atoms with Crippen LogP contribution < -0.4 is 5.32 Å². The quantitative estimate of drug-likeness (QED) is 0.793. The lowest BCUT2D eigenvalue weighted by Gasteiger charge is -2.33. The van der Waals surface area contributed by atoms with Gasteiger partial charge in [-0.15, -0.1) is 0 Å². The fourth-order valence-electron chi connectivity index (χ4n) is 3.77. The largest absolute Gasteiger partial charge is 0.388 e. The fourth-order valence-corrected chi connectivity index (χ4v) is 3.77. The van der Waals surface area contributed by atoms with Crippen molar-refractivity contribution in [1.82, 2.24) is 5.32 Å². The van der Waals surface area contributed by atoms with Crippen LogP contribution in [0.2, 0.25) is 0 Å². The number of rotatable bonds is 6. The molecule has 1 aliphatic heterocycles. The van der Waals surface area contributed by atoms with Crippen LogP contribution >= 0.6 is 0 Å². The molecule has 4 nitrogen and oxygen atoms in total. The summed E-state index contributed by atoms with van der Waals surface area (Å²) in [6, 6.07) is 0. The Morgan fingerprint density at radius 3 is 2.45 bits per heavy atom. The molecular formula is C18H33NO3. The first kappa shape index (κ1) is 17.7. The van der Waals surface area contributed by atoms with Gasteiger partial charge in [-0.1, -0.05) is 46.0 Å². The van der Waals surface area contributed by atoms with E-state index >= 15 is 0 Å². The molecule has 0 radical (unpaired) electrons. The predicted octanol–water partition coefficient (Wildman–Crippen LogP) is 2.89. The van der Waals surface area contributed by atoms with Gasteiger partial charge >= 0.3 is 0 Å². The van der Waals surface area contributed by atoms with E-state index in [1.165, 1.54) is 32.1 Å². The summed E-state index contributed by atoms with van der Waals surface area (Å²) in [6.45, 7) is 5.81. The first-order valence-electron chi connectivity index (χ1n) is 9.08. The van der Waals surface area contributed by atoms with E-state index in [0.29, 0.717) is 44.4 Å². The van der Waals surface area contributed by atoms with Crippen molar-refractivity contribution in [2.75, 3.05) is 19.8 Å². The number of aliphatic hydroxyl groups is 1. The highest BCUT2D eigenvalue weighted by Gasteiger charge is 2.32. The van der Waals surface area contributed by atoms with Crippen LogP contribution in [-0.4, -0.2) is 36.4 Å². The summed E-state index contributed by atoms with van der Waals surface area (Å²) in [5.74, 6) is 1.26. The van der Waals surface area contributed by atoms with Crippen LogP contribution in [0.4, 0.5) is 0 Å². The molecule has 1 aliphatic carbocycles. The number of amides is 1. The first-order valence-corrected chi connectivity index (χ1v) is 9.08. The van der Waals surface area contributed by atoms with Crippen molar-refractivity contribution in [1.29, 1.82) is 0 Å². The summed E-state index contributed by atoms with van der Waals surface area (Å²) >= 11 is 0. The zero-order valence-corrected chi connectivity index (χ0v) is 14.3. The molecule has 2 aliphatic rings. The van der Waals surface area contributed by atoms with Crippen LogP contribution in [-0.2, 0) is 9.53 Å². The molecule has 1 unspecified atom stereocenters. The lowest BCUT2D eigenvalue weighted by atomic mass is 9.79. The number of hydrogen-bond donors (Lipinski definition) is 2. The highest BCUT2D eigenvalue weighted by Crippen LogP contribution is 2.31. The molecule has 1 atom stereocenters. The molecule has 2 fully saturated rings. The van der Waals surface area contributed by atoms with E-state index in [1.807, 2.05) is 0 Å². The summed E-state index contributed by atoms with van der Waals surface area (Å²) in [4.78, 5) is 12.6. The molecule has 128 valence electrons. The van der Waals surface area contributed by atoms with E-state index in [9.17, 15) is 9.90 Å². The monoisotopic (exact) mass is 311 g/mol. The molecule has 0 spiro atoms. The van der Waals surface area contributed by atoms with Crippen LogP contribution in [0.15, 0.2) is 0 Å². The van der Waals surface area contributed by atoms with Gasteiger partial charge in [-0.05, 0) is 18.3 Å². The lowest BCUT2D eigenvalue weighted by Crippen LogP contribution is -2.48. The fraction of sp³-hybridized carbons (Fsp3) is 0.944. The molecule has 1 saturated carbocycles. The van der Waals surface area contributed by atoms with Gasteiger partial charge in [0.05, 0.1) is 5.60 Å². The number of ether oxygens (including phenoxy) is 1. The molecule has 0 bridgehead atoms. The van der Waals surface area contributed by atoms with E-state index in [2.05, 4.69) is 19.2 Å². The van der Waals surface area contributed by atoms with E-state index in [-0.39, 0.29) is 11.8 Å². The van der Waals surface area contributed by atoms with Crippen molar-refractivity contribution in [2.45, 2.75) is 70.8 Å². The van der Waals surface area contributed by atoms with Crippen molar-refractivity contribution in [3.63, 3.8) is 0 Å². The zero-order chi connectivity index (χ0) is 16.0. The maximum atomic E-state index is 12.6. The number of hydrogen-bond acceptors (Lipinski definition) is 3. The highest BCUT2D eigenvalue weighted by atomic mass is 16.5. The van der Waals surface area contributed by atoms with Crippen LogP contribution in [0.5, 0.6) is 0 Å². The third kappa shape index (κ3) is 5.24. The second-order valence-electron chi connectivity index (χ2n) is 7.64. The molecular weight excluding hydrogens is 278 g/mol. The van der Waals surface area contributed by atoms with Gasteiger partial charge in [-0.25, -0.2) is 0 Å². The van der Waals surface area contributed by atoms with Crippen LogP contribution in [0.25, 0.3) is 0 Å². The Kier molecular flexibility index (Phi) is 6.69. The summed E-state index contributed by atoms with van der Waals surface area (Å²) in [5, 5.41) is 13.5. The Morgan fingerprint density at radius 2 is 1.86 bits per heavy atom. The number of carbonyl (C=O) groups is 1. The Morgan fingerprint density at radius 1 is 1.23 bits per heavy atom. The maximum Gasteiger partial charge on any atom is 0.223 e. The summed E-state index contributed by atoms with van der Waals surface area (Å²) in [5.41, 5.74) is -0.778. The maximum absolute atomic E-state index is 12.6. The number of nitrogens with one attached hydrogen (secondary N) is 1. The van der Waals surface area contributed by atoms with Gasteiger partial charge in [0.1, 0.15) is 0 Å². The van der Waals surface area contributed by atoms with Crippen molar-refractivity contribution >= 4 is 5.91 Å². The van der Waals surface area contributed by atoms with Gasteiger partial charge in [0.15, 0.2) is 0 Å². The van der Waals surface area contributed by atoms with E-state index in [4.69, 9.17) is 4.74 Å². The molecule has 0 aromatic rings. The Bertz CT molecular complexity index is 344. The van der Waals surface area contributed by atoms with Gasteiger partial charge in [-0.3, -0.25) is 4.79 Å². The predicted molar refractivity (Wildman–Crippen MR) is 87.5 cm³/mol. The third-order valence-corrected chi connectivity index (χ3v) is 5.47. The Labute approximate surface area is 135 Å². The van der Waals surface area contributed by atoms with Gasteiger partial charge < -0.3 is 15.2 Å². The summed E-state index contributed by atoms with van der Waals surface area (Å²) < 4.78 is 5.29. The van der Waals surface area contributed by atoms with Gasteiger partial charge in [0.2, 0.25) is 5.91 Å². The minimum atomic E-state index is -0.778. The molecule has 2 rings (SSSR count). The molecule has 2 N–H and O–H groups in total. The van der Waals surface area contributed by atoms with Gasteiger partial charge in [-0.2, -0.15) is 0 Å². The minimum absolute atomic E-state index is 0.0755. The van der Waals surface area contributed by atoms with E-state index in [0.717, 1.165) is 6.42 Å². The average Bonchev–Trinajstić information content (AvgIpc) is 2.52. The minimum Gasteiger partial charge on any atom is -0.388 e. The third-order valence-electron chi connectivity index (χ3n) is 5.47. The van der Waals surface area contributed by atoms with Gasteiger partial charge in [0, 0.05) is 38.5 Å². The first-order chi connectivity index (χ1) is 10.5. The van der Waals surface area contributed by atoms with Crippen LogP contribution in [0.3, 0.4) is 0 Å². The smallest absolute Gasteiger partial charge is 0.223 e. The highest BCUT2D eigenvalue weighted by molar-refractivity contribution is 5.79. The second kappa shape index (κ2) is 8.30. The molecule has 0 aromatic carbocycles. The molecule has 4 heteroatoms. The zero-order valence-electron chi connectivity index (χ0n) is 14.3.